The molecule has 5 saturated carbocycles. The Morgan fingerprint density at radius 1 is 0.935 bits per heavy atom. The van der Waals surface area contributed by atoms with Crippen LogP contribution in [0.15, 0.2) is 53.3 Å². The minimum absolute atomic E-state index is 0.0633. The third kappa shape index (κ3) is 6.16. The summed E-state index contributed by atoms with van der Waals surface area (Å²) in [6.07, 6.45) is 11.8. The Hall–Kier alpha value is -4.07. The van der Waals surface area contributed by atoms with Gasteiger partial charge in [-0.1, -0.05) is 55.2 Å². The van der Waals surface area contributed by atoms with Crippen molar-refractivity contribution < 1.29 is 58.2 Å². The third-order valence-corrected chi connectivity index (χ3v) is 24.6. The topological polar surface area (TPSA) is 201 Å². The van der Waals surface area contributed by atoms with E-state index in [4.69, 9.17) is 23.4 Å². The first-order valence-electron chi connectivity index (χ1n) is 29.8. The highest BCUT2D eigenvalue weighted by Crippen LogP contribution is 2.86. The predicted octanol–water partition coefficient (Wildman–Crippen LogP) is 5.79. The molecule has 0 unspecified atom stereocenters. The number of allylic oxidation sites excluding steroid dienone is 1. The summed E-state index contributed by atoms with van der Waals surface area (Å²) >= 11 is 0. The van der Waals surface area contributed by atoms with E-state index >= 15 is 9.59 Å². The van der Waals surface area contributed by atoms with Crippen molar-refractivity contribution in [1.82, 2.24) is 10.2 Å². The molecule has 7 aliphatic carbocycles. The number of ether oxygens (including phenoxy) is 4. The van der Waals surface area contributed by atoms with E-state index in [1.165, 1.54) is 5.56 Å². The number of nitrogens with one attached hydrogen (secondary N) is 1. The van der Waals surface area contributed by atoms with Crippen LogP contribution in [-0.2, 0) is 58.2 Å². The SMILES string of the molecule is CC1(C)O[C@H]2[C@@]3(CC[C@H](CO)C3)C(=O)OC[C@@]23[C@@H]1C(=O)[C@@H](O)[C@@]12[C@@H]4C[C@@H](Cc5ccccc5)CC[C@H]4C#C[C@@H]4CCc5coc(C[C@@H]([C@@H]6CC[C@H]7[C@H](C=CN8CNC[C@H]78)C6)[C@H](O)CO)c5[C@@]45OC(=O)[C@H]4O[C@@]41[C@@]5(C)CC[C@H]32. The molecule has 5 saturated heterocycles. The van der Waals surface area contributed by atoms with Crippen LogP contribution in [-0.4, -0.2) is 118 Å². The summed E-state index contributed by atoms with van der Waals surface area (Å²) in [5.74, 6) is 5.28. The van der Waals surface area contributed by atoms with Crippen LogP contribution in [0.4, 0.5) is 0 Å². The van der Waals surface area contributed by atoms with E-state index in [1.807, 2.05) is 26.2 Å². The molecule has 13 aliphatic rings. The summed E-state index contributed by atoms with van der Waals surface area (Å²) < 4.78 is 35.6. The first-order chi connectivity index (χ1) is 37.1. The number of ketones is 1. The number of epoxide rings is 1. The van der Waals surface area contributed by atoms with Crippen molar-refractivity contribution in [3.63, 3.8) is 0 Å². The summed E-state index contributed by atoms with van der Waals surface area (Å²) in [6.45, 7) is 7.36. The number of cyclic esters (lactones) is 1. The van der Waals surface area contributed by atoms with Crippen LogP contribution in [0.5, 0.6) is 0 Å². The maximum absolute atomic E-state index is 16.5. The number of aliphatic hydroxyl groups is 4. The van der Waals surface area contributed by atoms with Crippen LogP contribution in [0.1, 0.15) is 120 Å². The number of hydrogen-bond donors (Lipinski definition) is 5. The molecule has 14 nitrogen and oxygen atoms in total. The van der Waals surface area contributed by atoms with Gasteiger partial charge in [0.2, 0.25) is 0 Å². The number of aryl methyl sites for hydroxylation is 1. The van der Waals surface area contributed by atoms with Crippen molar-refractivity contribution in [3.8, 4) is 11.8 Å². The number of carbonyl (C=O) groups is 3. The first-order valence-corrected chi connectivity index (χ1v) is 29.8. The molecule has 5 spiro atoms. The quantitative estimate of drug-likeness (QED) is 0.121. The zero-order valence-corrected chi connectivity index (χ0v) is 45.0. The second kappa shape index (κ2) is 17.0. The minimum atomic E-state index is -1.59. The normalized spacial score (nSPS) is 48.7. The highest BCUT2D eigenvalue weighted by atomic mass is 16.7. The molecule has 1 aromatic heterocycles. The highest BCUT2D eigenvalue weighted by molar-refractivity contribution is 5.93. The van der Waals surface area contributed by atoms with E-state index in [2.05, 4.69) is 65.5 Å². The van der Waals surface area contributed by atoms with Crippen molar-refractivity contribution in [2.45, 2.75) is 164 Å². The number of Topliss-reactive ketones (excluding diaryl/α,β-unsaturated/α-hetero) is 1. The molecule has 0 amide bonds. The highest BCUT2D eigenvalue weighted by Gasteiger charge is 2.96. The smallest absolute Gasteiger partial charge is 0.339 e. The summed E-state index contributed by atoms with van der Waals surface area (Å²) in [4.78, 5) is 49.4. The number of nitrogens with zero attached hydrogens (tertiary/aromatic N) is 1. The Balaban J connectivity index is 0.914. The van der Waals surface area contributed by atoms with Gasteiger partial charge >= 0.3 is 11.9 Å². The Morgan fingerprint density at radius 2 is 1.78 bits per heavy atom. The van der Waals surface area contributed by atoms with Gasteiger partial charge in [-0.3, -0.25) is 14.9 Å². The molecular formula is C63H78N2O12. The molecular weight excluding hydrogens is 977 g/mol. The summed E-state index contributed by atoms with van der Waals surface area (Å²) in [7, 11) is 0. The molecule has 0 radical (unpaired) electrons. The largest absolute Gasteiger partial charge is 0.469 e. The van der Waals surface area contributed by atoms with E-state index in [0.29, 0.717) is 81.4 Å². The molecule has 2 aromatic rings. The molecule has 5 N–H and O–H groups in total. The van der Waals surface area contributed by atoms with Gasteiger partial charge in [0.25, 0.3) is 0 Å². The molecule has 1 aromatic carbocycles. The van der Waals surface area contributed by atoms with Crippen LogP contribution >= 0.6 is 0 Å². The number of hydrogen-bond acceptors (Lipinski definition) is 14. The fraction of sp³-hybridized carbons (Fsp3) is 0.730. The van der Waals surface area contributed by atoms with Gasteiger partial charge in [-0.15, -0.1) is 0 Å². The van der Waals surface area contributed by atoms with Gasteiger partial charge < -0.3 is 48.7 Å². The minimum Gasteiger partial charge on any atom is -0.469 e. The first kappa shape index (κ1) is 49.9. The number of fused-ring (bicyclic) bond motifs is 6. The molecule has 4 bridgehead atoms. The monoisotopic (exact) mass is 1050 g/mol. The standard InChI is InChI=1S/C63H78N2O12/c1-57(2)51-50(69)52(70)61-44-24-35(23-34-7-5-4-6-8-34)9-10-37(44)11-14-41-15-12-40-31-73-47(26-43(46(68)30-67)38-13-16-42-39(25-38)19-22-65-33-64-28-45(42)65)49(40)62(41)58(3,63(61)53(75-63)54(71)76-62)20-18-48(61)60(51)32-74-56(72)59(55(60)77-57)21-17-36(27-59)29-66/h4-8,19,22,31,35-39,41-46,48,51-53,55,64,66-68,70H,9-10,12-13,15-18,20-21,23-30,32-33H2,1-3H3/t35-,36+,37+,38-,39-,41-,42+,43+,44-,45-,46-,48-,51-,52-,53-,55+,58+,59+,60-,61+,62+,63-/m1/s1. The summed E-state index contributed by atoms with van der Waals surface area (Å²) in [5, 5.41) is 51.2. The molecule has 412 valence electrons. The van der Waals surface area contributed by atoms with Crippen molar-refractivity contribution in [2.75, 3.05) is 33.0 Å². The van der Waals surface area contributed by atoms with E-state index < -0.39 is 99.1 Å². The summed E-state index contributed by atoms with van der Waals surface area (Å²) in [5.41, 5.74) is -5.82. The van der Waals surface area contributed by atoms with E-state index in [-0.39, 0.29) is 54.6 Å². The number of furan rings is 1. The third-order valence-electron chi connectivity index (χ3n) is 24.6. The molecule has 10 fully saturated rings. The Morgan fingerprint density at radius 3 is 2.58 bits per heavy atom. The van der Waals surface area contributed by atoms with Gasteiger partial charge in [0.15, 0.2) is 17.5 Å². The maximum Gasteiger partial charge on any atom is 0.339 e. The van der Waals surface area contributed by atoms with Gasteiger partial charge in [0.1, 0.15) is 24.1 Å². The Bertz CT molecular complexity index is 2870. The van der Waals surface area contributed by atoms with Crippen LogP contribution in [0.2, 0.25) is 0 Å². The average Bonchev–Trinajstić information content (AvgIpc) is 2.56. The second-order valence-corrected chi connectivity index (χ2v) is 27.8. The van der Waals surface area contributed by atoms with Crippen LogP contribution in [0, 0.1) is 98.6 Å². The van der Waals surface area contributed by atoms with Crippen molar-refractivity contribution >= 4 is 17.7 Å². The number of esters is 2. The van der Waals surface area contributed by atoms with Crippen molar-refractivity contribution in [1.29, 1.82) is 0 Å². The molecule has 22 atom stereocenters. The molecule has 7 heterocycles. The molecule has 15 rings (SSSR count). The van der Waals surface area contributed by atoms with Gasteiger partial charge in [-0.05, 0) is 168 Å². The van der Waals surface area contributed by atoms with Gasteiger partial charge in [-0.25, -0.2) is 4.79 Å². The van der Waals surface area contributed by atoms with E-state index in [1.54, 1.807) is 0 Å². The summed E-state index contributed by atoms with van der Waals surface area (Å²) in [6, 6.07) is 11.0. The number of benzene rings is 1. The lowest BCUT2D eigenvalue weighted by Gasteiger charge is -2.72. The van der Waals surface area contributed by atoms with Crippen molar-refractivity contribution in [2.24, 2.45) is 86.8 Å². The predicted molar refractivity (Wildman–Crippen MR) is 277 cm³/mol. The lowest BCUT2D eigenvalue weighted by molar-refractivity contribution is -0.307. The Kier molecular flexibility index (Phi) is 11.0. The average molecular weight is 1060 g/mol. The van der Waals surface area contributed by atoms with E-state index in [9.17, 15) is 25.2 Å². The molecule has 14 heteroatoms. The fourth-order valence-corrected chi connectivity index (χ4v) is 21.9. The number of aliphatic hydroxyl groups excluding tert-OH is 4. The zero-order valence-electron chi connectivity index (χ0n) is 45.0. The van der Waals surface area contributed by atoms with Gasteiger partial charge in [0, 0.05) is 53.3 Å². The van der Waals surface area contributed by atoms with Crippen LogP contribution < -0.4 is 5.32 Å². The lowest BCUT2D eigenvalue weighted by atomic mass is 9.30. The fourth-order valence-electron chi connectivity index (χ4n) is 21.9. The van der Waals surface area contributed by atoms with Gasteiger partial charge in [0.05, 0.1) is 54.6 Å². The van der Waals surface area contributed by atoms with Crippen LogP contribution in [0.25, 0.3) is 0 Å². The second-order valence-electron chi connectivity index (χ2n) is 27.8. The van der Waals surface area contributed by atoms with Crippen LogP contribution in [0.3, 0.4) is 0 Å². The lowest BCUT2D eigenvalue weighted by Crippen LogP contribution is -2.82. The maximum atomic E-state index is 16.5. The Labute approximate surface area is 451 Å². The number of rotatable bonds is 8. The zero-order chi connectivity index (χ0) is 52.8. The van der Waals surface area contributed by atoms with Crippen molar-refractivity contribution in [3.05, 3.63) is 71.3 Å². The van der Waals surface area contributed by atoms with Gasteiger partial charge in [-0.2, -0.15) is 0 Å². The van der Waals surface area contributed by atoms with E-state index in [0.717, 1.165) is 62.9 Å². The molecule has 77 heavy (non-hydrogen) atoms. The molecule has 6 aliphatic heterocycles. The number of carbonyl (C=O) groups excluding carboxylic acids is 3.